The first kappa shape index (κ1) is 23.7. The molecule has 186 valence electrons. The van der Waals surface area contributed by atoms with Crippen LogP contribution >= 0.6 is 11.8 Å². The first-order valence-electron chi connectivity index (χ1n) is 12.5. The van der Waals surface area contributed by atoms with Crippen LogP contribution < -0.4 is 5.32 Å². The van der Waals surface area contributed by atoms with Crippen LogP contribution in [0.25, 0.3) is 16.3 Å². The molecule has 0 radical (unpaired) electrons. The molecule has 6 rings (SSSR count). The van der Waals surface area contributed by atoms with Crippen LogP contribution in [0, 0.1) is 10.3 Å². The molecule has 1 N–H and O–H groups in total. The molecule has 1 aliphatic heterocycles. The molecule has 4 aromatic rings. The lowest BCUT2D eigenvalue weighted by Gasteiger charge is -2.40. The third-order valence-corrected chi connectivity index (χ3v) is 8.51. The zero-order chi connectivity index (χ0) is 25.9. The highest BCUT2D eigenvalue weighted by molar-refractivity contribution is 7.99. The van der Waals surface area contributed by atoms with Gasteiger partial charge < -0.3 is 9.88 Å². The fourth-order valence-electron chi connectivity index (χ4n) is 5.68. The number of nitrogens with zero attached hydrogens (tertiary/aromatic N) is 3. The lowest BCUT2D eigenvalue weighted by molar-refractivity contribution is -0.431. The molecule has 7 heteroatoms. The van der Waals surface area contributed by atoms with Crippen molar-refractivity contribution >= 4 is 45.3 Å². The third-order valence-electron chi connectivity index (χ3n) is 7.37. The average molecular weight is 510 g/mol. The number of ketones is 1. The van der Waals surface area contributed by atoms with Gasteiger partial charge in [-0.05, 0) is 57.6 Å². The summed E-state index contributed by atoms with van der Waals surface area (Å²) < 4.78 is 2.82. The van der Waals surface area contributed by atoms with Crippen molar-refractivity contribution < 1.29 is 9.55 Å². The molecule has 2 heterocycles. The zero-order valence-electron chi connectivity index (χ0n) is 21.4. The molecule has 37 heavy (non-hydrogen) atoms. The van der Waals surface area contributed by atoms with Gasteiger partial charge in [0.05, 0.1) is 10.9 Å². The molecule has 1 aromatic heterocycles. The molecular formula is C30H29N4O2S+. The monoisotopic (exact) mass is 509 g/mol. The summed E-state index contributed by atoms with van der Waals surface area (Å²) in [5, 5.41) is 6.81. The number of aryl methyl sites for hydroxylation is 1. The molecule has 1 atom stereocenters. The Balaban J connectivity index is 1.51. The number of aromatic nitrogens is 2. The number of carbonyl (C=O) groups excluding carboxylic acids is 1. The maximum atomic E-state index is 13.7. The molecule has 0 spiro atoms. The summed E-state index contributed by atoms with van der Waals surface area (Å²) in [4.78, 5) is 31.6. The quantitative estimate of drug-likeness (QED) is 0.298. The van der Waals surface area contributed by atoms with Crippen LogP contribution in [0.1, 0.15) is 43.9 Å². The number of nitroso groups, excluding NO2 is 1. The molecule has 0 saturated carbocycles. The number of hydrogen-bond donors (Lipinski definition) is 1. The van der Waals surface area contributed by atoms with E-state index in [2.05, 4.69) is 54.5 Å². The molecule has 0 fully saturated rings. The number of imidazole rings is 1. The Hall–Kier alpha value is -3.71. The summed E-state index contributed by atoms with van der Waals surface area (Å²) in [5.74, 6) is 0.172. The summed E-state index contributed by atoms with van der Waals surface area (Å²) in [5.41, 5.74) is 5.45. The van der Waals surface area contributed by atoms with E-state index in [1.165, 1.54) is 18.8 Å². The minimum Gasteiger partial charge on any atom is -0.373 e. The number of fused-ring (bicyclic) bond motifs is 4. The molecule has 3 aromatic carbocycles. The highest BCUT2D eigenvalue weighted by Gasteiger charge is 2.41. The van der Waals surface area contributed by atoms with Crippen LogP contribution in [0.3, 0.4) is 0 Å². The molecular weight excluding hydrogens is 480 g/mol. The van der Waals surface area contributed by atoms with Crippen LogP contribution in [-0.2, 0) is 11.8 Å². The Morgan fingerprint density at radius 1 is 1.11 bits per heavy atom. The normalized spacial score (nSPS) is 18.4. The minimum atomic E-state index is -0.321. The maximum absolute atomic E-state index is 13.7. The standard InChI is InChI=1S/C30H28N4O2S/c1-30(2)16-21-26-20-8-6-5-7-18(20)9-11-22(26)32-28(27(21)24(35)17-30)19-10-12-25(23(15-19)34(4)36)37-29-31-13-14-33(29)3/h5-15,28H,16-17H2,1-4H3/p+1. The molecule has 0 saturated heterocycles. The van der Waals surface area contributed by atoms with E-state index in [1.807, 2.05) is 42.1 Å². The summed E-state index contributed by atoms with van der Waals surface area (Å²) in [7, 11) is 3.44. The minimum absolute atomic E-state index is 0.116. The topological polar surface area (TPSA) is 67.0 Å². The van der Waals surface area contributed by atoms with Gasteiger partial charge in [0.2, 0.25) is 0 Å². The Kier molecular flexibility index (Phi) is 5.57. The zero-order valence-corrected chi connectivity index (χ0v) is 22.2. The Morgan fingerprint density at radius 2 is 1.92 bits per heavy atom. The highest BCUT2D eigenvalue weighted by Crippen LogP contribution is 2.52. The number of benzene rings is 3. The fraction of sp³-hybridized carbons (Fsp3) is 0.267. The lowest BCUT2D eigenvalue weighted by atomic mass is 9.68. The number of allylic oxidation sites excluding steroid dienone is 1. The molecule has 1 aliphatic carbocycles. The predicted octanol–water partition coefficient (Wildman–Crippen LogP) is 7.07. The first-order valence-corrected chi connectivity index (χ1v) is 13.3. The molecule has 6 nitrogen and oxygen atoms in total. The van der Waals surface area contributed by atoms with E-state index in [-0.39, 0.29) is 17.2 Å². The Morgan fingerprint density at radius 3 is 2.68 bits per heavy atom. The Labute approximate surface area is 220 Å². The SMILES string of the molecule is Cn1ccnc1Sc1ccc(C2Nc3ccc4ccccc4c3C3=C2C(=O)CC(C)(C)C3)cc1[N+](C)=O. The van der Waals surface area contributed by atoms with E-state index in [0.717, 1.165) is 60.0 Å². The van der Waals surface area contributed by atoms with Gasteiger partial charge in [-0.3, -0.25) is 4.79 Å². The van der Waals surface area contributed by atoms with Crippen molar-refractivity contribution in [2.75, 3.05) is 12.4 Å². The van der Waals surface area contributed by atoms with Gasteiger partial charge in [-0.25, -0.2) is 4.98 Å². The van der Waals surface area contributed by atoms with E-state index in [4.69, 9.17) is 0 Å². The second-order valence-corrected chi connectivity index (χ2v) is 11.8. The van der Waals surface area contributed by atoms with E-state index in [9.17, 15) is 9.70 Å². The summed E-state index contributed by atoms with van der Waals surface area (Å²) in [6.07, 6.45) is 4.96. The van der Waals surface area contributed by atoms with Crippen molar-refractivity contribution in [2.45, 2.75) is 42.8 Å². The van der Waals surface area contributed by atoms with Crippen molar-refractivity contribution in [3.63, 3.8) is 0 Å². The second-order valence-electron chi connectivity index (χ2n) is 10.8. The number of hydrogen-bond acceptors (Lipinski definition) is 5. The average Bonchev–Trinajstić information content (AvgIpc) is 3.26. The van der Waals surface area contributed by atoms with Crippen LogP contribution in [0.15, 0.2) is 82.6 Å². The number of Topliss-reactive ketones (excluding diaryl/α,β-unsaturated/α-hetero) is 1. The first-order chi connectivity index (χ1) is 17.7. The van der Waals surface area contributed by atoms with Crippen molar-refractivity contribution in [1.82, 2.24) is 9.55 Å². The largest absolute Gasteiger partial charge is 0.373 e. The highest BCUT2D eigenvalue weighted by atomic mass is 32.2. The van der Waals surface area contributed by atoms with Gasteiger partial charge in [0, 0.05) is 58.4 Å². The van der Waals surface area contributed by atoms with Crippen molar-refractivity contribution in [3.8, 4) is 0 Å². The van der Waals surface area contributed by atoms with Gasteiger partial charge in [-0.15, -0.1) is 0 Å². The van der Waals surface area contributed by atoms with Crippen LogP contribution in [0.4, 0.5) is 11.4 Å². The Bertz CT molecular complexity index is 1630. The van der Waals surface area contributed by atoms with Crippen molar-refractivity contribution in [3.05, 3.63) is 88.6 Å². The summed E-state index contributed by atoms with van der Waals surface area (Å²) in [6, 6.07) is 18.2. The van der Waals surface area contributed by atoms with Gasteiger partial charge in [0.1, 0.15) is 0 Å². The van der Waals surface area contributed by atoms with Crippen LogP contribution in [0.5, 0.6) is 0 Å². The van der Waals surface area contributed by atoms with E-state index in [1.54, 1.807) is 6.20 Å². The van der Waals surface area contributed by atoms with Gasteiger partial charge in [0.15, 0.2) is 18.0 Å². The van der Waals surface area contributed by atoms with Crippen LogP contribution in [-0.4, -0.2) is 27.1 Å². The summed E-state index contributed by atoms with van der Waals surface area (Å²) in [6.45, 7) is 4.34. The van der Waals surface area contributed by atoms with Crippen molar-refractivity contribution in [1.29, 1.82) is 0 Å². The van der Waals surface area contributed by atoms with Gasteiger partial charge in [0.25, 0.3) is 5.69 Å². The lowest BCUT2D eigenvalue weighted by Crippen LogP contribution is -2.33. The summed E-state index contributed by atoms with van der Waals surface area (Å²) >= 11 is 1.46. The molecule has 0 amide bonds. The van der Waals surface area contributed by atoms with E-state index >= 15 is 0 Å². The van der Waals surface area contributed by atoms with E-state index < -0.39 is 0 Å². The van der Waals surface area contributed by atoms with Gasteiger partial charge >= 0.3 is 0 Å². The number of nitrogens with one attached hydrogen (secondary N) is 1. The smallest absolute Gasteiger partial charge is 0.269 e. The van der Waals surface area contributed by atoms with Crippen molar-refractivity contribution in [2.24, 2.45) is 12.5 Å². The number of carbonyl (C=O) groups is 1. The van der Waals surface area contributed by atoms with Gasteiger partial charge in [-0.2, -0.15) is 0 Å². The van der Waals surface area contributed by atoms with Crippen LogP contribution in [0.2, 0.25) is 0 Å². The second kappa shape index (κ2) is 8.70. The number of rotatable bonds is 4. The molecule has 2 aliphatic rings. The van der Waals surface area contributed by atoms with Gasteiger partial charge in [-0.1, -0.05) is 50.2 Å². The predicted molar refractivity (Wildman–Crippen MR) is 148 cm³/mol. The van der Waals surface area contributed by atoms with E-state index in [0.29, 0.717) is 12.1 Å². The molecule has 0 bridgehead atoms. The fourth-order valence-corrected chi connectivity index (χ4v) is 6.63. The number of anilines is 1. The maximum Gasteiger partial charge on any atom is 0.269 e. The molecule has 1 unspecified atom stereocenters. The third kappa shape index (κ3) is 4.07.